The maximum atomic E-state index is 13.5. The van der Waals surface area contributed by atoms with Crippen LogP contribution in [0.4, 0.5) is 4.79 Å². The number of nitrogens with zero attached hydrogens (tertiary/aromatic N) is 1. The van der Waals surface area contributed by atoms with Crippen molar-refractivity contribution in [2.45, 2.75) is 76.0 Å². The van der Waals surface area contributed by atoms with Gasteiger partial charge >= 0.3 is 6.09 Å². The number of fused-ring (bicyclic) bond motifs is 2. The monoisotopic (exact) mass is 479 g/mol. The van der Waals surface area contributed by atoms with Crippen LogP contribution in [0.1, 0.15) is 56.7 Å². The van der Waals surface area contributed by atoms with E-state index >= 15 is 0 Å². The lowest BCUT2D eigenvalue weighted by Gasteiger charge is -2.40. The molecule has 0 spiro atoms. The molecular weight excluding hydrogens is 442 g/mol. The van der Waals surface area contributed by atoms with Crippen LogP contribution in [-0.4, -0.2) is 46.4 Å². The van der Waals surface area contributed by atoms with Crippen LogP contribution in [-0.2, 0) is 22.4 Å². The number of ether oxygens (including phenoxy) is 1. The molecule has 1 aromatic heterocycles. The Hall–Kier alpha value is -2.93. The van der Waals surface area contributed by atoms with E-state index in [0.29, 0.717) is 18.0 Å². The number of hydrogen-bond donors (Lipinski definition) is 3. The fourth-order valence-corrected chi connectivity index (χ4v) is 5.57. The van der Waals surface area contributed by atoms with Crippen molar-refractivity contribution in [1.29, 1.82) is 0 Å². The molecule has 5 unspecified atom stereocenters. The number of hydrogen-bond acceptors (Lipinski definition) is 5. The minimum absolute atomic E-state index is 0.100. The van der Waals surface area contributed by atoms with Gasteiger partial charge in [-0.25, -0.2) is 4.79 Å². The molecule has 3 N–H and O–H groups in total. The number of carbonyl (C=O) groups is 2. The SMILES string of the molecule is CC(Cc1ccccn1)(NC(=O)OC1CCC2CCCC1C2)C(=O)NC(CO)Cc1ccccc1. The Morgan fingerprint density at radius 1 is 1.11 bits per heavy atom. The summed E-state index contributed by atoms with van der Waals surface area (Å²) in [6.07, 6.45) is 8.36. The molecule has 5 atom stereocenters. The van der Waals surface area contributed by atoms with Gasteiger partial charge < -0.3 is 20.5 Å². The summed E-state index contributed by atoms with van der Waals surface area (Å²) in [6.45, 7) is 1.47. The van der Waals surface area contributed by atoms with Gasteiger partial charge in [0.25, 0.3) is 0 Å². The Morgan fingerprint density at radius 3 is 2.66 bits per heavy atom. The van der Waals surface area contributed by atoms with Crippen LogP contribution in [0.15, 0.2) is 54.7 Å². The van der Waals surface area contributed by atoms with Crippen molar-refractivity contribution in [3.8, 4) is 0 Å². The summed E-state index contributed by atoms with van der Waals surface area (Å²) in [7, 11) is 0. The minimum atomic E-state index is -1.29. The molecule has 0 aliphatic heterocycles. The predicted molar refractivity (Wildman–Crippen MR) is 134 cm³/mol. The third-order valence-corrected chi connectivity index (χ3v) is 7.49. The van der Waals surface area contributed by atoms with Crippen molar-refractivity contribution in [2.24, 2.45) is 11.8 Å². The topological polar surface area (TPSA) is 101 Å². The zero-order valence-corrected chi connectivity index (χ0v) is 20.5. The van der Waals surface area contributed by atoms with E-state index in [9.17, 15) is 14.7 Å². The first kappa shape index (κ1) is 25.2. The molecule has 1 heterocycles. The molecule has 2 fully saturated rings. The summed E-state index contributed by atoms with van der Waals surface area (Å²) >= 11 is 0. The number of nitrogens with one attached hydrogen (secondary N) is 2. The molecule has 2 amide bonds. The van der Waals surface area contributed by atoms with E-state index in [1.54, 1.807) is 13.1 Å². The summed E-state index contributed by atoms with van der Waals surface area (Å²) in [4.78, 5) is 30.9. The van der Waals surface area contributed by atoms with Crippen LogP contribution in [0, 0.1) is 11.8 Å². The maximum Gasteiger partial charge on any atom is 0.408 e. The van der Waals surface area contributed by atoms with Crippen LogP contribution in [0.5, 0.6) is 0 Å². The molecule has 188 valence electrons. The van der Waals surface area contributed by atoms with Crippen molar-refractivity contribution >= 4 is 12.0 Å². The Bertz CT molecular complexity index is 971. The number of benzene rings is 1. The highest BCUT2D eigenvalue weighted by atomic mass is 16.6. The Balaban J connectivity index is 1.45. The normalized spacial score (nSPS) is 24.0. The summed E-state index contributed by atoms with van der Waals surface area (Å²) in [5, 5.41) is 15.7. The van der Waals surface area contributed by atoms with E-state index in [0.717, 1.165) is 37.2 Å². The molecule has 0 radical (unpaired) electrons. The van der Waals surface area contributed by atoms with Crippen molar-refractivity contribution < 1.29 is 19.4 Å². The van der Waals surface area contributed by atoms with Crippen LogP contribution in [0.2, 0.25) is 0 Å². The third kappa shape index (κ3) is 6.82. The molecule has 35 heavy (non-hydrogen) atoms. The number of rotatable bonds is 9. The van der Waals surface area contributed by atoms with Gasteiger partial charge in [-0.2, -0.15) is 0 Å². The number of aromatic nitrogens is 1. The van der Waals surface area contributed by atoms with E-state index in [1.807, 2.05) is 48.5 Å². The summed E-state index contributed by atoms with van der Waals surface area (Å²) < 4.78 is 5.89. The molecular formula is C28H37N3O4. The van der Waals surface area contributed by atoms with Crippen LogP contribution in [0.3, 0.4) is 0 Å². The fraction of sp³-hybridized carbons (Fsp3) is 0.536. The first-order valence-electron chi connectivity index (χ1n) is 12.8. The number of carbonyl (C=O) groups excluding carboxylic acids is 2. The summed E-state index contributed by atoms with van der Waals surface area (Å²) in [5.74, 6) is 0.794. The molecule has 1 aromatic carbocycles. The number of amides is 2. The summed E-state index contributed by atoms with van der Waals surface area (Å²) in [5.41, 5.74) is 0.398. The van der Waals surface area contributed by atoms with Crippen molar-refractivity contribution in [3.63, 3.8) is 0 Å². The molecule has 7 heteroatoms. The molecule has 2 aliphatic carbocycles. The number of alkyl carbamates (subject to hydrolysis) is 1. The van der Waals surface area contributed by atoms with Gasteiger partial charge in [0.15, 0.2) is 0 Å². The highest BCUT2D eigenvalue weighted by molar-refractivity contribution is 5.90. The van der Waals surface area contributed by atoms with Crippen LogP contribution in [0.25, 0.3) is 0 Å². The first-order valence-corrected chi connectivity index (χ1v) is 12.8. The largest absolute Gasteiger partial charge is 0.446 e. The molecule has 2 aromatic rings. The zero-order chi connectivity index (χ0) is 24.7. The Labute approximate surface area is 207 Å². The minimum Gasteiger partial charge on any atom is -0.446 e. The second-order valence-electron chi connectivity index (χ2n) is 10.3. The van der Waals surface area contributed by atoms with Gasteiger partial charge in [0, 0.05) is 18.3 Å². The lowest BCUT2D eigenvalue weighted by Crippen LogP contribution is -2.61. The zero-order valence-electron chi connectivity index (χ0n) is 20.5. The van der Waals surface area contributed by atoms with E-state index in [1.165, 1.54) is 12.8 Å². The van der Waals surface area contributed by atoms with E-state index in [2.05, 4.69) is 15.6 Å². The van der Waals surface area contributed by atoms with Gasteiger partial charge in [-0.05, 0) is 68.6 Å². The third-order valence-electron chi connectivity index (χ3n) is 7.49. The molecule has 2 bridgehead atoms. The fourth-order valence-electron chi connectivity index (χ4n) is 5.57. The quantitative estimate of drug-likeness (QED) is 0.508. The van der Waals surface area contributed by atoms with E-state index in [4.69, 9.17) is 4.74 Å². The molecule has 2 saturated carbocycles. The lowest BCUT2D eigenvalue weighted by atomic mass is 9.71. The Kier molecular flexibility index (Phi) is 8.39. The average Bonchev–Trinajstić information content (AvgIpc) is 2.86. The second-order valence-corrected chi connectivity index (χ2v) is 10.3. The Morgan fingerprint density at radius 2 is 1.91 bits per heavy atom. The highest BCUT2D eigenvalue weighted by Crippen LogP contribution is 2.41. The van der Waals surface area contributed by atoms with Crippen molar-refractivity contribution in [2.75, 3.05) is 6.61 Å². The van der Waals surface area contributed by atoms with Crippen molar-refractivity contribution in [1.82, 2.24) is 15.6 Å². The van der Waals surface area contributed by atoms with Crippen LogP contribution >= 0.6 is 0 Å². The van der Waals surface area contributed by atoms with Crippen LogP contribution < -0.4 is 10.6 Å². The van der Waals surface area contributed by atoms with E-state index < -0.39 is 17.7 Å². The van der Waals surface area contributed by atoms with Gasteiger partial charge in [0.2, 0.25) is 5.91 Å². The van der Waals surface area contributed by atoms with E-state index in [-0.39, 0.29) is 25.0 Å². The molecule has 7 nitrogen and oxygen atoms in total. The average molecular weight is 480 g/mol. The second kappa shape index (κ2) is 11.7. The number of pyridine rings is 1. The molecule has 2 aliphatic rings. The number of aliphatic hydroxyl groups excluding tert-OH is 1. The van der Waals surface area contributed by atoms with Gasteiger partial charge in [-0.3, -0.25) is 9.78 Å². The predicted octanol–water partition coefficient (Wildman–Crippen LogP) is 3.80. The first-order chi connectivity index (χ1) is 16.9. The summed E-state index contributed by atoms with van der Waals surface area (Å²) in [6, 6.07) is 14.7. The molecule has 4 rings (SSSR count). The van der Waals surface area contributed by atoms with Gasteiger partial charge in [-0.15, -0.1) is 0 Å². The smallest absolute Gasteiger partial charge is 0.408 e. The standard InChI is InChI=1S/C28H37N3O4/c1-28(18-23-12-5-6-15-29-23,26(33)30-24(19-32)17-20-8-3-2-4-9-20)31-27(34)35-25-14-13-21-10-7-11-22(25)16-21/h2-6,8-9,12,15,21-22,24-25,32H,7,10-11,13-14,16-19H2,1H3,(H,30,33)(H,31,34). The maximum absolute atomic E-state index is 13.5. The van der Waals surface area contributed by atoms with Gasteiger partial charge in [0.1, 0.15) is 11.6 Å². The van der Waals surface area contributed by atoms with Crippen molar-refractivity contribution in [3.05, 3.63) is 66.0 Å². The number of aliphatic hydroxyl groups is 1. The highest BCUT2D eigenvalue weighted by Gasteiger charge is 2.40. The lowest BCUT2D eigenvalue weighted by molar-refractivity contribution is -0.128. The van der Waals surface area contributed by atoms with Gasteiger partial charge in [0.05, 0.1) is 12.6 Å². The van der Waals surface area contributed by atoms with Gasteiger partial charge in [-0.1, -0.05) is 49.2 Å². The molecule has 0 saturated heterocycles.